The van der Waals surface area contributed by atoms with E-state index < -0.39 is 17.9 Å². The molecular weight excluding hydrogens is 310 g/mol. The number of carboxylic acid groups (broad SMARTS) is 1. The fourth-order valence-electron chi connectivity index (χ4n) is 1.76. The summed E-state index contributed by atoms with van der Waals surface area (Å²) in [7, 11) is 1.46. The van der Waals surface area contributed by atoms with E-state index in [1.54, 1.807) is 12.1 Å². The van der Waals surface area contributed by atoms with E-state index in [0.717, 1.165) is 12.8 Å². The molecule has 22 heavy (non-hydrogen) atoms. The number of unbranched alkanes of at least 4 members (excludes halogenated alkanes) is 1. The Morgan fingerprint density at radius 3 is 2.68 bits per heavy atom. The second-order valence-electron chi connectivity index (χ2n) is 4.64. The van der Waals surface area contributed by atoms with Crippen molar-refractivity contribution in [1.29, 1.82) is 0 Å². The molecule has 0 bridgehead atoms. The van der Waals surface area contributed by atoms with Crippen LogP contribution in [-0.2, 0) is 14.3 Å². The molecule has 122 valence electrons. The first-order chi connectivity index (χ1) is 10.5. The van der Waals surface area contributed by atoms with Gasteiger partial charge in [0.15, 0.2) is 6.04 Å². The Labute approximate surface area is 134 Å². The summed E-state index contributed by atoms with van der Waals surface area (Å²) in [4.78, 5) is 23.1. The average Bonchev–Trinajstić information content (AvgIpc) is 2.49. The molecule has 1 atom stereocenters. The lowest BCUT2D eigenvalue weighted by Gasteiger charge is -2.16. The highest BCUT2D eigenvalue weighted by Gasteiger charge is 2.23. The van der Waals surface area contributed by atoms with Crippen LogP contribution in [0.4, 0.5) is 0 Å². The summed E-state index contributed by atoms with van der Waals surface area (Å²) in [5, 5.41) is 12.0. The summed E-state index contributed by atoms with van der Waals surface area (Å²) in [6.07, 6.45) is 1.81. The van der Waals surface area contributed by atoms with Crippen molar-refractivity contribution in [3.05, 3.63) is 28.8 Å². The quantitative estimate of drug-likeness (QED) is 0.680. The number of carbonyl (C=O) groups is 2. The molecule has 0 aliphatic heterocycles. The third-order valence-corrected chi connectivity index (χ3v) is 3.23. The van der Waals surface area contributed by atoms with Crippen LogP contribution in [0.3, 0.4) is 0 Å². The molecule has 0 aromatic heterocycles. The zero-order chi connectivity index (χ0) is 16.5. The molecule has 7 heteroatoms. The predicted molar refractivity (Wildman–Crippen MR) is 82.3 cm³/mol. The van der Waals surface area contributed by atoms with E-state index in [1.165, 1.54) is 13.2 Å². The van der Waals surface area contributed by atoms with E-state index in [1.807, 2.05) is 6.92 Å². The molecule has 0 saturated carbocycles. The summed E-state index contributed by atoms with van der Waals surface area (Å²) in [6.45, 7) is 2.31. The van der Waals surface area contributed by atoms with Crippen molar-refractivity contribution < 1.29 is 24.2 Å². The van der Waals surface area contributed by atoms with Crippen LogP contribution in [0.1, 0.15) is 31.4 Å². The summed E-state index contributed by atoms with van der Waals surface area (Å²) >= 11 is 5.98. The Balaban J connectivity index is 2.71. The average molecular weight is 330 g/mol. The first-order valence-electron chi connectivity index (χ1n) is 6.93. The van der Waals surface area contributed by atoms with Crippen LogP contribution in [0.25, 0.3) is 0 Å². The van der Waals surface area contributed by atoms with Crippen LogP contribution >= 0.6 is 11.6 Å². The molecule has 1 amide bonds. The minimum Gasteiger partial charge on any atom is -0.495 e. The minimum atomic E-state index is -1.19. The standard InChI is InChI=1S/C15H20ClNO5/c1-3-4-7-22-9-13(18)17-14(15(19)20)10-5-6-12(21-2)11(16)8-10/h5-6,8,14H,3-4,7,9H2,1-2H3,(H,17,18)(H,19,20). The largest absolute Gasteiger partial charge is 0.495 e. The topological polar surface area (TPSA) is 84.9 Å². The molecule has 1 unspecified atom stereocenters. The van der Waals surface area contributed by atoms with Crippen LogP contribution in [0, 0.1) is 0 Å². The number of carbonyl (C=O) groups excluding carboxylic acids is 1. The lowest BCUT2D eigenvalue weighted by molar-refractivity contribution is -0.142. The number of methoxy groups -OCH3 is 1. The molecule has 0 radical (unpaired) electrons. The zero-order valence-corrected chi connectivity index (χ0v) is 13.4. The molecular formula is C15H20ClNO5. The van der Waals surface area contributed by atoms with Gasteiger partial charge in [-0.15, -0.1) is 0 Å². The Hall–Kier alpha value is -1.79. The molecule has 0 fully saturated rings. The van der Waals surface area contributed by atoms with Gasteiger partial charge in [0.05, 0.1) is 12.1 Å². The van der Waals surface area contributed by atoms with Crippen LogP contribution < -0.4 is 10.1 Å². The SMILES string of the molecule is CCCCOCC(=O)NC(C(=O)O)c1ccc(OC)c(Cl)c1. The van der Waals surface area contributed by atoms with Crippen molar-refractivity contribution in [3.63, 3.8) is 0 Å². The van der Waals surface area contributed by atoms with Crippen molar-refractivity contribution >= 4 is 23.5 Å². The maximum absolute atomic E-state index is 11.7. The van der Waals surface area contributed by atoms with Crippen LogP contribution in [0.2, 0.25) is 5.02 Å². The second-order valence-corrected chi connectivity index (χ2v) is 5.05. The number of rotatable bonds is 9. The van der Waals surface area contributed by atoms with E-state index in [0.29, 0.717) is 17.9 Å². The monoisotopic (exact) mass is 329 g/mol. The number of hydrogen-bond acceptors (Lipinski definition) is 4. The second kappa shape index (κ2) is 9.27. The lowest BCUT2D eigenvalue weighted by atomic mass is 10.1. The van der Waals surface area contributed by atoms with Gasteiger partial charge < -0.3 is 19.9 Å². The smallest absolute Gasteiger partial charge is 0.330 e. The van der Waals surface area contributed by atoms with Gasteiger partial charge in [0.25, 0.3) is 0 Å². The van der Waals surface area contributed by atoms with Gasteiger partial charge in [-0.1, -0.05) is 31.0 Å². The number of nitrogens with one attached hydrogen (secondary N) is 1. The summed E-state index contributed by atoms with van der Waals surface area (Å²) in [5.74, 6) is -1.23. The fourth-order valence-corrected chi connectivity index (χ4v) is 2.03. The first kappa shape index (κ1) is 18.3. The summed E-state index contributed by atoms with van der Waals surface area (Å²) in [5.41, 5.74) is 0.361. The highest BCUT2D eigenvalue weighted by molar-refractivity contribution is 6.32. The van der Waals surface area contributed by atoms with Crippen LogP contribution in [0.15, 0.2) is 18.2 Å². The van der Waals surface area contributed by atoms with Gasteiger partial charge in [-0.3, -0.25) is 4.79 Å². The van der Waals surface area contributed by atoms with Gasteiger partial charge in [0, 0.05) is 6.61 Å². The van der Waals surface area contributed by atoms with E-state index in [9.17, 15) is 14.7 Å². The third-order valence-electron chi connectivity index (χ3n) is 2.94. The molecule has 0 aliphatic rings. The zero-order valence-electron chi connectivity index (χ0n) is 12.6. The Morgan fingerprint density at radius 2 is 2.14 bits per heavy atom. The normalized spacial score (nSPS) is 11.8. The maximum Gasteiger partial charge on any atom is 0.330 e. The number of aliphatic carboxylic acids is 1. The summed E-state index contributed by atoms with van der Waals surface area (Å²) < 4.78 is 10.2. The van der Waals surface area contributed by atoms with Gasteiger partial charge in [-0.2, -0.15) is 0 Å². The van der Waals surface area contributed by atoms with Crippen LogP contribution in [0.5, 0.6) is 5.75 Å². The van der Waals surface area contributed by atoms with Gasteiger partial charge in [-0.05, 0) is 24.1 Å². The molecule has 0 spiro atoms. The molecule has 0 saturated heterocycles. The van der Waals surface area contributed by atoms with Crippen molar-refractivity contribution in [2.45, 2.75) is 25.8 Å². The predicted octanol–water partition coefficient (Wildman–Crippen LogP) is 2.41. The number of benzene rings is 1. The van der Waals surface area contributed by atoms with E-state index in [4.69, 9.17) is 21.1 Å². The summed E-state index contributed by atoms with van der Waals surface area (Å²) in [6, 6.07) is 3.36. The third kappa shape index (κ3) is 5.54. The van der Waals surface area contributed by atoms with Crippen LogP contribution in [-0.4, -0.2) is 37.3 Å². The fraction of sp³-hybridized carbons (Fsp3) is 0.467. The maximum atomic E-state index is 11.7. The van der Waals surface area contributed by atoms with E-state index in [-0.39, 0.29) is 11.6 Å². The van der Waals surface area contributed by atoms with Crippen molar-refractivity contribution in [2.75, 3.05) is 20.3 Å². The number of halogens is 1. The lowest BCUT2D eigenvalue weighted by Crippen LogP contribution is -2.36. The number of amides is 1. The minimum absolute atomic E-state index is 0.173. The molecule has 1 aromatic carbocycles. The van der Waals surface area contributed by atoms with Crippen molar-refractivity contribution in [3.8, 4) is 5.75 Å². The highest BCUT2D eigenvalue weighted by atomic mass is 35.5. The van der Waals surface area contributed by atoms with E-state index in [2.05, 4.69) is 5.32 Å². The van der Waals surface area contributed by atoms with Gasteiger partial charge >= 0.3 is 5.97 Å². The molecule has 6 nitrogen and oxygen atoms in total. The highest BCUT2D eigenvalue weighted by Crippen LogP contribution is 2.27. The van der Waals surface area contributed by atoms with Gasteiger partial charge in [0.1, 0.15) is 12.4 Å². The number of carboxylic acids is 1. The molecule has 0 heterocycles. The molecule has 1 rings (SSSR count). The van der Waals surface area contributed by atoms with Gasteiger partial charge in [-0.25, -0.2) is 4.79 Å². The Morgan fingerprint density at radius 1 is 1.41 bits per heavy atom. The number of ether oxygens (including phenoxy) is 2. The molecule has 0 aliphatic carbocycles. The Kier molecular flexibility index (Phi) is 7.70. The Bertz CT molecular complexity index is 521. The molecule has 2 N–H and O–H groups in total. The molecule has 1 aromatic rings. The van der Waals surface area contributed by atoms with Crippen molar-refractivity contribution in [2.24, 2.45) is 0 Å². The first-order valence-corrected chi connectivity index (χ1v) is 7.30. The number of hydrogen-bond donors (Lipinski definition) is 2. The van der Waals surface area contributed by atoms with E-state index >= 15 is 0 Å². The van der Waals surface area contributed by atoms with Gasteiger partial charge in [0.2, 0.25) is 5.91 Å². The van der Waals surface area contributed by atoms with Crippen molar-refractivity contribution in [1.82, 2.24) is 5.32 Å².